The molecule has 0 bridgehead atoms. The lowest BCUT2D eigenvalue weighted by atomic mass is 9.99. The number of anilines is 2. The van der Waals surface area contributed by atoms with E-state index in [-0.39, 0.29) is 11.8 Å². The van der Waals surface area contributed by atoms with E-state index in [0.29, 0.717) is 39.9 Å². The molecule has 0 saturated carbocycles. The number of benzene rings is 2. The van der Waals surface area contributed by atoms with Gasteiger partial charge in [0.25, 0.3) is 5.91 Å². The number of nitrogens with zero attached hydrogens (tertiary/aromatic N) is 1. The van der Waals surface area contributed by atoms with Gasteiger partial charge in [0, 0.05) is 22.8 Å². The molecule has 0 aromatic heterocycles. The van der Waals surface area contributed by atoms with Gasteiger partial charge in [0.05, 0.1) is 10.7 Å². The van der Waals surface area contributed by atoms with Crippen LogP contribution >= 0.6 is 23.2 Å². The highest BCUT2D eigenvalue weighted by atomic mass is 35.5. The summed E-state index contributed by atoms with van der Waals surface area (Å²) in [5, 5.41) is 6.03. The number of carbonyl (C=O) groups is 3. The number of primary amides is 1. The molecule has 0 aliphatic carbocycles. The first-order valence-electron chi connectivity index (χ1n) is 9.08. The Morgan fingerprint density at radius 1 is 1.00 bits per heavy atom. The van der Waals surface area contributed by atoms with Gasteiger partial charge < -0.3 is 21.3 Å². The Morgan fingerprint density at radius 2 is 1.72 bits per heavy atom. The maximum Gasteiger partial charge on any atom is 0.316 e. The Balaban J connectivity index is 1.75. The molecule has 1 saturated heterocycles. The average molecular weight is 435 g/mol. The highest BCUT2D eigenvalue weighted by Crippen LogP contribution is 2.27. The monoisotopic (exact) mass is 434 g/mol. The molecule has 29 heavy (non-hydrogen) atoms. The van der Waals surface area contributed by atoms with E-state index >= 15 is 0 Å². The van der Waals surface area contributed by atoms with Crippen molar-refractivity contribution in [2.75, 3.05) is 17.2 Å². The van der Waals surface area contributed by atoms with Crippen LogP contribution in [0, 0.1) is 0 Å². The Morgan fingerprint density at radius 3 is 2.38 bits per heavy atom. The quantitative estimate of drug-likeness (QED) is 0.673. The number of carbonyl (C=O) groups excluding carboxylic acids is 3. The summed E-state index contributed by atoms with van der Waals surface area (Å²) in [7, 11) is 0. The number of rotatable bonds is 4. The molecular weight excluding hydrogens is 415 g/mol. The number of hydrogen-bond donors (Lipinski definition) is 3. The first-order chi connectivity index (χ1) is 13.8. The fourth-order valence-electron chi connectivity index (χ4n) is 3.26. The summed E-state index contributed by atoms with van der Waals surface area (Å²) >= 11 is 12.0. The van der Waals surface area contributed by atoms with Crippen molar-refractivity contribution in [3.8, 4) is 0 Å². The molecule has 7 nitrogen and oxygen atoms in total. The topological polar surface area (TPSA) is 105 Å². The zero-order valence-corrected chi connectivity index (χ0v) is 17.0. The Kier molecular flexibility index (Phi) is 6.61. The zero-order valence-electron chi connectivity index (χ0n) is 15.5. The van der Waals surface area contributed by atoms with Gasteiger partial charge in [-0.1, -0.05) is 23.2 Å². The maximum absolute atomic E-state index is 13.0. The highest BCUT2D eigenvalue weighted by molar-refractivity contribution is 6.36. The standard InChI is InChI=1S/C20H20Cl2N4O3/c21-13-6-9-16(15(22)11-13)25-18(27)17-3-1-2-10-26(17)19(28)12-4-7-14(8-5-12)24-20(23)29/h4-9,11,17H,1-3,10H2,(H,25,27)(H3,23,24,29). The molecule has 2 aromatic carbocycles. The molecule has 4 N–H and O–H groups in total. The van der Waals surface area contributed by atoms with Gasteiger partial charge in [0.1, 0.15) is 6.04 Å². The van der Waals surface area contributed by atoms with Crippen LogP contribution in [0.3, 0.4) is 0 Å². The van der Waals surface area contributed by atoms with Gasteiger partial charge in [-0.05, 0) is 61.7 Å². The second kappa shape index (κ2) is 9.15. The van der Waals surface area contributed by atoms with Crippen LogP contribution in [-0.2, 0) is 4.79 Å². The normalized spacial score (nSPS) is 16.2. The number of hydrogen-bond acceptors (Lipinski definition) is 3. The molecule has 4 amide bonds. The van der Waals surface area contributed by atoms with Crippen molar-refractivity contribution < 1.29 is 14.4 Å². The van der Waals surface area contributed by atoms with Crippen molar-refractivity contribution in [2.24, 2.45) is 5.73 Å². The molecular formula is C20H20Cl2N4O3. The van der Waals surface area contributed by atoms with E-state index in [1.54, 1.807) is 47.4 Å². The number of nitrogens with two attached hydrogens (primary N) is 1. The van der Waals surface area contributed by atoms with E-state index < -0.39 is 12.1 Å². The number of piperidine rings is 1. The molecule has 1 aliphatic rings. The fourth-order valence-corrected chi connectivity index (χ4v) is 3.71. The van der Waals surface area contributed by atoms with Crippen LogP contribution in [0.1, 0.15) is 29.6 Å². The minimum Gasteiger partial charge on any atom is -0.351 e. The first-order valence-corrected chi connectivity index (χ1v) is 9.84. The van der Waals surface area contributed by atoms with Gasteiger partial charge in [-0.25, -0.2) is 4.79 Å². The van der Waals surface area contributed by atoms with Crippen molar-refractivity contribution in [1.82, 2.24) is 4.90 Å². The third-order valence-electron chi connectivity index (χ3n) is 4.65. The average Bonchev–Trinajstić information content (AvgIpc) is 2.69. The SMILES string of the molecule is NC(=O)Nc1ccc(C(=O)N2CCCCC2C(=O)Nc2ccc(Cl)cc2Cl)cc1. The van der Waals surface area contributed by atoms with Crippen LogP contribution < -0.4 is 16.4 Å². The molecule has 1 unspecified atom stereocenters. The molecule has 1 aliphatic heterocycles. The van der Waals surface area contributed by atoms with Gasteiger partial charge in [0.2, 0.25) is 5.91 Å². The minimum atomic E-state index is -0.683. The number of halogens is 2. The van der Waals surface area contributed by atoms with Gasteiger partial charge >= 0.3 is 6.03 Å². The van der Waals surface area contributed by atoms with E-state index in [1.165, 1.54) is 0 Å². The van der Waals surface area contributed by atoms with E-state index in [2.05, 4.69) is 10.6 Å². The fraction of sp³-hybridized carbons (Fsp3) is 0.250. The van der Waals surface area contributed by atoms with E-state index in [4.69, 9.17) is 28.9 Å². The summed E-state index contributed by atoms with van der Waals surface area (Å²) in [4.78, 5) is 38.4. The largest absolute Gasteiger partial charge is 0.351 e. The molecule has 0 radical (unpaired) electrons. The molecule has 152 valence electrons. The summed E-state index contributed by atoms with van der Waals surface area (Å²) in [6.07, 6.45) is 2.22. The maximum atomic E-state index is 13.0. The predicted octanol–water partition coefficient (Wildman–Crippen LogP) is 4.12. The third kappa shape index (κ3) is 5.19. The lowest BCUT2D eigenvalue weighted by Gasteiger charge is -2.35. The second-order valence-electron chi connectivity index (χ2n) is 6.69. The van der Waals surface area contributed by atoms with Gasteiger partial charge in [-0.2, -0.15) is 0 Å². The van der Waals surface area contributed by atoms with Gasteiger partial charge in [-0.15, -0.1) is 0 Å². The summed E-state index contributed by atoms with van der Waals surface area (Å²) in [5.41, 5.74) is 6.44. The lowest BCUT2D eigenvalue weighted by Crippen LogP contribution is -2.50. The zero-order chi connectivity index (χ0) is 21.0. The van der Waals surface area contributed by atoms with Crippen molar-refractivity contribution in [3.63, 3.8) is 0 Å². The molecule has 0 spiro atoms. The van der Waals surface area contributed by atoms with E-state index in [1.807, 2.05) is 0 Å². The molecule has 1 atom stereocenters. The van der Waals surface area contributed by atoms with Crippen molar-refractivity contribution in [1.29, 1.82) is 0 Å². The van der Waals surface area contributed by atoms with Gasteiger partial charge in [0.15, 0.2) is 0 Å². The van der Waals surface area contributed by atoms with Crippen LogP contribution in [0.4, 0.5) is 16.2 Å². The van der Waals surface area contributed by atoms with Crippen molar-refractivity contribution in [3.05, 3.63) is 58.1 Å². The van der Waals surface area contributed by atoms with Crippen LogP contribution in [0.25, 0.3) is 0 Å². The van der Waals surface area contributed by atoms with Crippen LogP contribution in [-0.4, -0.2) is 35.3 Å². The molecule has 1 fully saturated rings. The molecule has 3 rings (SSSR count). The molecule has 9 heteroatoms. The number of nitrogens with one attached hydrogen (secondary N) is 2. The van der Waals surface area contributed by atoms with Crippen molar-refractivity contribution in [2.45, 2.75) is 25.3 Å². The smallest absolute Gasteiger partial charge is 0.316 e. The first kappa shape index (κ1) is 21.0. The Hall–Kier alpha value is -2.77. The number of amides is 4. The lowest BCUT2D eigenvalue weighted by molar-refractivity contribution is -0.121. The summed E-state index contributed by atoms with van der Waals surface area (Å²) in [5.74, 6) is -0.549. The number of urea groups is 1. The van der Waals surface area contributed by atoms with Crippen LogP contribution in [0.15, 0.2) is 42.5 Å². The summed E-state index contributed by atoms with van der Waals surface area (Å²) in [6, 6.07) is 9.88. The Labute approximate surface area is 178 Å². The van der Waals surface area contributed by atoms with Gasteiger partial charge in [-0.3, -0.25) is 9.59 Å². The van der Waals surface area contributed by atoms with E-state index in [0.717, 1.165) is 12.8 Å². The van der Waals surface area contributed by atoms with Crippen molar-refractivity contribution >= 4 is 52.4 Å². The van der Waals surface area contributed by atoms with Crippen LogP contribution in [0.2, 0.25) is 10.0 Å². The summed E-state index contributed by atoms with van der Waals surface area (Å²) in [6.45, 7) is 0.479. The molecule has 1 heterocycles. The second-order valence-corrected chi connectivity index (χ2v) is 7.53. The number of likely N-dealkylation sites (tertiary alicyclic amines) is 1. The predicted molar refractivity (Wildman–Crippen MR) is 113 cm³/mol. The minimum absolute atomic E-state index is 0.252. The van der Waals surface area contributed by atoms with E-state index in [9.17, 15) is 14.4 Å². The molecule has 2 aromatic rings. The summed E-state index contributed by atoms with van der Waals surface area (Å²) < 4.78 is 0. The Bertz CT molecular complexity index is 934. The third-order valence-corrected chi connectivity index (χ3v) is 5.20. The van der Waals surface area contributed by atoms with Crippen LogP contribution in [0.5, 0.6) is 0 Å². The highest BCUT2D eigenvalue weighted by Gasteiger charge is 2.33.